The van der Waals surface area contributed by atoms with Crippen LogP contribution in [0.5, 0.6) is 5.75 Å². The maximum atomic E-state index is 15.6. The van der Waals surface area contributed by atoms with Crippen molar-refractivity contribution in [3.63, 3.8) is 0 Å². The van der Waals surface area contributed by atoms with E-state index in [1.54, 1.807) is 12.1 Å². The number of rotatable bonds is 21. The van der Waals surface area contributed by atoms with Gasteiger partial charge in [0, 0.05) is 75.3 Å². The van der Waals surface area contributed by atoms with E-state index in [1.165, 1.54) is 0 Å². The maximum absolute atomic E-state index is 15.6. The Morgan fingerprint density at radius 3 is 2.13 bits per heavy atom. The Hall–Kier alpha value is -2.70. The molecule has 1 N–H and O–H groups in total. The molecule has 55 heavy (non-hydrogen) atoms. The van der Waals surface area contributed by atoms with Crippen LogP contribution in [0.2, 0.25) is 77.1 Å². The normalized spacial score (nSPS) is 15.8. The summed E-state index contributed by atoms with van der Waals surface area (Å²) in [6, 6.07) is 12.7. The first-order valence-electron chi connectivity index (χ1n) is 20.1. The van der Waals surface area contributed by atoms with Gasteiger partial charge < -0.3 is 28.6 Å². The number of likely N-dealkylation sites (tertiary alicyclic amines) is 1. The van der Waals surface area contributed by atoms with Crippen LogP contribution in [0.4, 0.5) is 4.39 Å². The molecule has 14 heteroatoms. The van der Waals surface area contributed by atoms with Crippen molar-refractivity contribution in [2.75, 3.05) is 39.7 Å². The van der Waals surface area contributed by atoms with Crippen molar-refractivity contribution in [3.8, 4) is 28.4 Å². The maximum Gasteiger partial charge on any atom is 0.189 e. The summed E-state index contributed by atoms with van der Waals surface area (Å²) in [5.74, 6) is 0.519. The van der Waals surface area contributed by atoms with E-state index < -0.39 is 30.0 Å². The average molecular weight is 812 g/mol. The second-order valence-electron chi connectivity index (χ2n) is 18.8. The molecule has 1 aliphatic heterocycles. The van der Waals surface area contributed by atoms with Gasteiger partial charge in [0.1, 0.15) is 19.2 Å². The van der Waals surface area contributed by atoms with Crippen molar-refractivity contribution in [2.45, 2.75) is 123 Å². The van der Waals surface area contributed by atoms with Gasteiger partial charge in [-0.05, 0) is 71.9 Å². The van der Waals surface area contributed by atoms with Crippen LogP contribution in [0.3, 0.4) is 0 Å². The second kappa shape index (κ2) is 18.7. The Bertz CT molecular complexity index is 1860. The van der Waals surface area contributed by atoms with Crippen molar-refractivity contribution < 1.29 is 28.4 Å². The number of halogens is 1. The third-order valence-electron chi connectivity index (χ3n) is 10.0. The first kappa shape index (κ1) is 43.4. The number of hydrogen-bond donors (Lipinski definition) is 1. The minimum absolute atomic E-state index is 0.0241. The van der Waals surface area contributed by atoms with Crippen LogP contribution in [-0.2, 0) is 40.6 Å². The highest BCUT2D eigenvalue weighted by Crippen LogP contribution is 2.35. The van der Waals surface area contributed by atoms with Crippen LogP contribution in [0.15, 0.2) is 36.5 Å². The molecule has 5 rings (SSSR count). The van der Waals surface area contributed by atoms with Gasteiger partial charge in [-0.3, -0.25) is 4.90 Å². The number of aliphatic hydroxyl groups is 1. The molecule has 1 saturated heterocycles. The molecule has 0 saturated carbocycles. The highest BCUT2D eigenvalue weighted by Gasteiger charge is 2.25. The van der Waals surface area contributed by atoms with Crippen molar-refractivity contribution in [1.29, 1.82) is 0 Å². The molecule has 0 unspecified atom stereocenters. The number of benzene rings is 2. The fraction of sp³-hybridized carbons (Fsp3) is 0.610. The molecule has 0 bridgehead atoms. The molecule has 0 aliphatic carbocycles. The lowest BCUT2D eigenvalue weighted by atomic mass is 9.96. The number of ether oxygens (including phenoxy) is 4. The molecule has 10 nitrogen and oxygen atoms in total. The molecular weight excluding hydrogens is 746 g/mol. The predicted octanol–water partition coefficient (Wildman–Crippen LogP) is 9.15. The molecule has 304 valence electrons. The van der Waals surface area contributed by atoms with E-state index in [-0.39, 0.29) is 25.4 Å². The molecule has 1 aliphatic rings. The smallest absolute Gasteiger partial charge is 0.189 e. The Morgan fingerprint density at radius 2 is 1.51 bits per heavy atom. The molecule has 0 spiro atoms. The standard InChI is InChI=1S/C41H66FN5O5Si3/c1-11-31-23-39(52-30-51-18-21-55(8,9)10)37(42)24-36(31)32-12-13-35-38(22-32)47(29-50-17-20-54(5,6)7)44-40(35)41-43-33(25-45-15-14-34(48)27-45)26-46(41)28-49-16-19-53(2,3)4/h12-13,22-24,26,34,48H,11,14-21,25,27-30H2,1-10H3/t34-/m0/s1. The third kappa shape index (κ3) is 12.9. The average Bonchev–Trinajstić information content (AvgIpc) is 3.80. The number of aryl methyl sites for hydroxylation is 1. The highest BCUT2D eigenvalue weighted by atomic mass is 28.3. The molecule has 2 aromatic carbocycles. The van der Waals surface area contributed by atoms with Gasteiger partial charge in [0.2, 0.25) is 0 Å². The van der Waals surface area contributed by atoms with Crippen molar-refractivity contribution >= 4 is 35.1 Å². The zero-order valence-corrected chi connectivity index (χ0v) is 38.1. The molecule has 4 aromatic rings. The molecule has 0 radical (unpaired) electrons. The number of hydrogen-bond acceptors (Lipinski definition) is 8. The fourth-order valence-electron chi connectivity index (χ4n) is 6.50. The summed E-state index contributed by atoms with van der Waals surface area (Å²) in [6.07, 6.45) is 3.24. The van der Waals surface area contributed by atoms with Crippen LogP contribution in [0, 0.1) is 5.82 Å². The second-order valence-corrected chi connectivity index (χ2v) is 35.6. The number of aliphatic hydroxyl groups excluding tert-OH is 1. The third-order valence-corrected chi connectivity index (χ3v) is 15.1. The number of imidazole rings is 1. The van der Waals surface area contributed by atoms with Crippen LogP contribution >= 0.6 is 0 Å². The topological polar surface area (TPSA) is 96.0 Å². The van der Waals surface area contributed by atoms with Crippen molar-refractivity contribution in [2.24, 2.45) is 0 Å². The van der Waals surface area contributed by atoms with E-state index in [1.807, 2.05) is 10.7 Å². The summed E-state index contributed by atoms with van der Waals surface area (Å²) in [6.45, 7) is 27.8. The van der Waals surface area contributed by atoms with Gasteiger partial charge in [0.05, 0.1) is 17.3 Å². The summed E-state index contributed by atoms with van der Waals surface area (Å²) in [5.41, 5.74) is 5.24. The summed E-state index contributed by atoms with van der Waals surface area (Å²) < 4.78 is 43.6. The molecular formula is C41H66FN5O5Si3. The van der Waals surface area contributed by atoms with Crippen LogP contribution < -0.4 is 4.74 Å². The lowest BCUT2D eigenvalue weighted by Crippen LogP contribution is -2.22. The summed E-state index contributed by atoms with van der Waals surface area (Å²) >= 11 is 0. The van der Waals surface area contributed by atoms with Gasteiger partial charge in [-0.15, -0.1) is 0 Å². The van der Waals surface area contributed by atoms with Gasteiger partial charge in [0.25, 0.3) is 0 Å². The molecule has 0 amide bonds. The van der Waals surface area contributed by atoms with E-state index in [0.29, 0.717) is 46.1 Å². The number of nitrogens with zero attached hydrogens (tertiary/aromatic N) is 5. The van der Waals surface area contributed by atoms with Gasteiger partial charge in [-0.2, -0.15) is 5.10 Å². The zero-order chi connectivity index (χ0) is 40.0. The molecule has 2 aromatic heterocycles. The lowest BCUT2D eigenvalue weighted by molar-refractivity contribution is 0.0197. The summed E-state index contributed by atoms with van der Waals surface area (Å²) in [7, 11) is -3.79. The predicted molar refractivity (Wildman–Crippen MR) is 229 cm³/mol. The Balaban J connectivity index is 1.49. The van der Waals surface area contributed by atoms with E-state index >= 15 is 4.39 Å². The lowest BCUT2D eigenvalue weighted by Gasteiger charge is -2.16. The Morgan fingerprint density at radius 1 is 0.855 bits per heavy atom. The zero-order valence-electron chi connectivity index (χ0n) is 35.1. The van der Waals surface area contributed by atoms with E-state index in [4.69, 9.17) is 29.0 Å². The number of β-amino-alcohol motifs (C(OH)–C–C–N with tert-alkyl or cyclic N) is 1. The van der Waals surface area contributed by atoms with E-state index in [9.17, 15) is 5.11 Å². The van der Waals surface area contributed by atoms with Crippen LogP contribution in [0.25, 0.3) is 33.5 Å². The monoisotopic (exact) mass is 811 g/mol. The van der Waals surface area contributed by atoms with E-state index in [2.05, 4.69) is 93.6 Å². The fourth-order valence-corrected chi connectivity index (χ4v) is 8.77. The Kier molecular flexibility index (Phi) is 14.8. The quantitative estimate of drug-likeness (QED) is 0.0506. The minimum atomic E-state index is -1.29. The van der Waals surface area contributed by atoms with Gasteiger partial charge in [-0.1, -0.05) is 71.9 Å². The van der Waals surface area contributed by atoms with Crippen LogP contribution in [-0.4, -0.2) is 99.4 Å². The SMILES string of the molecule is CCc1cc(OCOCC[Si](C)(C)C)c(F)cc1-c1ccc2c(-c3nc(CN4CC[C@H](O)C4)cn3COCC[Si](C)(C)C)nn(COCC[Si](C)(C)C)c2c1. The van der Waals surface area contributed by atoms with Crippen LogP contribution in [0.1, 0.15) is 24.6 Å². The largest absolute Gasteiger partial charge is 0.464 e. The van der Waals surface area contributed by atoms with Crippen molar-refractivity contribution in [3.05, 3.63) is 53.6 Å². The van der Waals surface area contributed by atoms with Gasteiger partial charge >= 0.3 is 0 Å². The molecule has 3 heterocycles. The molecule has 1 atom stereocenters. The summed E-state index contributed by atoms with van der Waals surface area (Å²) in [5, 5.41) is 16.3. The Labute approximate surface area is 331 Å². The molecule has 1 fully saturated rings. The van der Waals surface area contributed by atoms with Gasteiger partial charge in [-0.25, -0.2) is 14.1 Å². The highest BCUT2D eigenvalue weighted by molar-refractivity contribution is 6.76. The number of aromatic nitrogens is 4. The van der Waals surface area contributed by atoms with Crippen molar-refractivity contribution in [1.82, 2.24) is 24.2 Å². The minimum Gasteiger partial charge on any atom is -0.464 e. The summed E-state index contributed by atoms with van der Waals surface area (Å²) in [4.78, 5) is 7.39. The van der Waals surface area contributed by atoms with Gasteiger partial charge in [0.15, 0.2) is 24.2 Å². The first-order valence-corrected chi connectivity index (χ1v) is 31.2. The van der Waals surface area contributed by atoms with E-state index in [0.717, 1.165) is 75.9 Å². The first-order chi connectivity index (χ1) is 25.9. The number of fused-ring (bicyclic) bond motifs is 1.